The van der Waals surface area contributed by atoms with Gasteiger partial charge in [0.2, 0.25) is 0 Å². The first-order valence-electron chi connectivity index (χ1n) is 3.11. The molecule has 1 rings (SSSR count). The zero-order valence-corrected chi connectivity index (χ0v) is 7.24. The number of hydrogen-bond acceptors (Lipinski definition) is 4. The molecule has 0 saturated carbocycles. The van der Waals surface area contributed by atoms with Crippen LogP contribution in [0.3, 0.4) is 0 Å². The molecular weight excluding hydrogens is 184 g/mol. The number of hydrogen-bond donors (Lipinski definition) is 0. The van der Waals surface area contributed by atoms with Gasteiger partial charge in [0.05, 0.1) is 0 Å². The van der Waals surface area contributed by atoms with Gasteiger partial charge in [0.15, 0.2) is 11.9 Å². The average Bonchev–Trinajstić information content (AvgIpc) is 2.07. The lowest BCUT2D eigenvalue weighted by Crippen LogP contribution is -2.13. The summed E-state index contributed by atoms with van der Waals surface area (Å²) in [4.78, 5) is 9.89. The Hall–Kier alpha value is -1.16. The predicted molar refractivity (Wildman–Crippen MR) is 43.3 cm³/mol. The van der Waals surface area contributed by atoms with Gasteiger partial charge in [0, 0.05) is 0 Å². The van der Waals surface area contributed by atoms with E-state index in [-0.39, 0.29) is 12.4 Å². The molecule has 4 nitrogen and oxygen atoms in total. The molecule has 1 unspecified atom stereocenters. The molecule has 0 aromatic rings. The van der Waals surface area contributed by atoms with Gasteiger partial charge in [-0.1, -0.05) is 0 Å². The molecule has 0 bridgehead atoms. The van der Waals surface area contributed by atoms with E-state index >= 15 is 0 Å². The Morgan fingerprint density at radius 2 is 2.33 bits per heavy atom. The van der Waals surface area contributed by atoms with Gasteiger partial charge in [-0.25, -0.2) is 0 Å². The van der Waals surface area contributed by atoms with Crippen molar-refractivity contribution in [1.29, 1.82) is 0 Å². The minimum atomic E-state index is -0.405. The zero-order valence-electron chi connectivity index (χ0n) is 6.43. The van der Waals surface area contributed by atoms with Crippen molar-refractivity contribution >= 4 is 18.9 Å². The van der Waals surface area contributed by atoms with Crippen LogP contribution < -0.4 is 0 Å². The molecule has 0 aliphatic carbocycles. The van der Waals surface area contributed by atoms with Crippen molar-refractivity contribution in [3.8, 4) is 0 Å². The van der Waals surface area contributed by atoms with E-state index in [1.54, 1.807) is 6.92 Å². The van der Waals surface area contributed by atoms with Crippen molar-refractivity contribution in [1.82, 2.24) is 0 Å². The molecule has 0 N–H and O–H groups in total. The first-order valence-corrected chi connectivity index (χ1v) is 3.11. The smallest absolute Gasteiger partial charge is 0.293 e. The Labute approximate surface area is 76.2 Å². The van der Waals surface area contributed by atoms with Crippen molar-refractivity contribution in [3.05, 3.63) is 24.5 Å². The predicted octanol–water partition coefficient (Wildman–Crippen LogP) is 1.33. The van der Waals surface area contributed by atoms with Crippen molar-refractivity contribution in [3.63, 3.8) is 0 Å². The minimum absolute atomic E-state index is 0. The third-order valence-corrected chi connectivity index (χ3v) is 1.18. The average molecular weight is 193 g/mol. The molecule has 0 fully saturated rings. The third-order valence-electron chi connectivity index (χ3n) is 1.18. The normalized spacial score (nSPS) is 15.9. The van der Waals surface area contributed by atoms with Crippen LogP contribution in [-0.4, -0.2) is 12.6 Å². The first-order chi connectivity index (χ1) is 5.34. The summed E-state index contributed by atoms with van der Waals surface area (Å²) in [6.45, 7) is 2.05. The van der Waals surface area contributed by atoms with Crippen LogP contribution in [0.2, 0.25) is 0 Å². The molecule has 0 amide bonds. The molecule has 0 aromatic heterocycles. The Morgan fingerprint density at radius 1 is 1.58 bits per heavy atom. The molecule has 1 heterocycles. The van der Waals surface area contributed by atoms with Crippen molar-refractivity contribution in [2.24, 2.45) is 0 Å². The maximum absolute atomic E-state index is 9.89. The Bertz CT molecular complexity index is 200. The Balaban J connectivity index is 0.00000121. The molecule has 1 aliphatic rings. The monoisotopic (exact) mass is 192 g/mol. The fraction of sp³-hybridized carbons (Fsp3) is 0.286. The number of carbonyl (C=O) groups is 1. The van der Waals surface area contributed by atoms with Crippen LogP contribution in [-0.2, 0) is 19.0 Å². The lowest BCUT2D eigenvalue weighted by molar-refractivity contribution is -0.132. The van der Waals surface area contributed by atoms with Crippen LogP contribution >= 0.6 is 12.4 Å². The van der Waals surface area contributed by atoms with Gasteiger partial charge in [0.1, 0.15) is 18.8 Å². The van der Waals surface area contributed by atoms with Crippen LogP contribution in [0, 0.1) is 0 Å². The van der Waals surface area contributed by atoms with Crippen LogP contribution in [0.4, 0.5) is 0 Å². The SMILES string of the molecule is CC(OC=O)C1=COC=CO1.Cl. The quantitative estimate of drug-likeness (QED) is 0.633. The minimum Gasteiger partial charge on any atom is -0.466 e. The molecule has 1 atom stereocenters. The van der Waals surface area contributed by atoms with Crippen molar-refractivity contribution in [2.75, 3.05) is 0 Å². The summed E-state index contributed by atoms with van der Waals surface area (Å²) in [5.41, 5.74) is 0. The van der Waals surface area contributed by atoms with Crippen LogP contribution in [0.1, 0.15) is 6.92 Å². The fourth-order valence-corrected chi connectivity index (χ4v) is 0.615. The van der Waals surface area contributed by atoms with E-state index < -0.39 is 6.10 Å². The second-order valence-corrected chi connectivity index (χ2v) is 1.92. The topological polar surface area (TPSA) is 44.8 Å². The lowest BCUT2D eigenvalue weighted by Gasteiger charge is -2.14. The second kappa shape index (κ2) is 5.49. The van der Waals surface area contributed by atoms with E-state index in [1.807, 2.05) is 0 Å². The van der Waals surface area contributed by atoms with Crippen molar-refractivity contribution < 1.29 is 19.0 Å². The maximum atomic E-state index is 9.89. The number of carbonyl (C=O) groups excluding carboxylic acids is 1. The highest BCUT2D eigenvalue weighted by Gasteiger charge is 2.12. The van der Waals surface area contributed by atoms with Gasteiger partial charge in [-0.05, 0) is 6.92 Å². The van der Waals surface area contributed by atoms with E-state index in [9.17, 15) is 4.79 Å². The van der Waals surface area contributed by atoms with E-state index in [4.69, 9.17) is 9.47 Å². The summed E-state index contributed by atoms with van der Waals surface area (Å²) in [6.07, 6.45) is 3.74. The molecule has 0 saturated heterocycles. The number of halogens is 1. The summed E-state index contributed by atoms with van der Waals surface area (Å²) in [6, 6.07) is 0. The highest BCUT2D eigenvalue weighted by Crippen LogP contribution is 2.11. The van der Waals surface area contributed by atoms with Crippen LogP contribution in [0.5, 0.6) is 0 Å². The van der Waals surface area contributed by atoms with Gasteiger partial charge in [-0.2, -0.15) is 0 Å². The Kier molecular flexibility index (Phi) is 4.96. The van der Waals surface area contributed by atoms with E-state index in [0.717, 1.165) is 0 Å². The molecule has 1 aliphatic heterocycles. The summed E-state index contributed by atoms with van der Waals surface area (Å²) in [5, 5.41) is 0. The van der Waals surface area contributed by atoms with Gasteiger partial charge in [-0.3, -0.25) is 4.79 Å². The highest BCUT2D eigenvalue weighted by molar-refractivity contribution is 5.85. The highest BCUT2D eigenvalue weighted by atomic mass is 35.5. The zero-order chi connectivity index (χ0) is 8.10. The van der Waals surface area contributed by atoms with E-state index in [2.05, 4.69) is 4.74 Å². The fourth-order valence-electron chi connectivity index (χ4n) is 0.615. The second-order valence-electron chi connectivity index (χ2n) is 1.92. The van der Waals surface area contributed by atoms with E-state index in [1.165, 1.54) is 18.8 Å². The van der Waals surface area contributed by atoms with Crippen LogP contribution in [0.25, 0.3) is 0 Å². The van der Waals surface area contributed by atoms with Crippen LogP contribution in [0.15, 0.2) is 24.5 Å². The van der Waals surface area contributed by atoms with Gasteiger partial charge < -0.3 is 14.2 Å². The molecule has 12 heavy (non-hydrogen) atoms. The maximum Gasteiger partial charge on any atom is 0.293 e. The molecule has 0 aromatic carbocycles. The standard InChI is InChI=1S/C7H8O4.ClH/c1-6(11-5-8)7-4-9-2-3-10-7;/h2-6H,1H3;1H. The summed E-state index contributed by atoms with van der Waals surface area (Å²) >= 11 is 0. The van der Waals surface area contributed by atoms with Gasteiger partial charge in [-0.15, -0.1) is 12.4 Å². The molecule has 5 heteroatoms. The van der Waals surface area contributed by atoms with Gasteiger partial charge in [0.25, 0.3) is 6.47 Å². The molecule has 68 valence electrons. The summed E-state index contributed by atoms with van der Waals surface area (Å²) in [7, 11) is 0. The third kappa shape index (κ3) is 2.84. The lowest BCUT2D eigenvalue weighted by atomic mass is 10.3. The van der Waals surface area contributed by atoms with Gasteiger partial charge >= 0.3 is 0 Å². The summed E-state index contributed by atoms with van der Waals surface area (Å²) < 4.78 is 14.3. The summed E-state index contributed by atoms with van der Waals surface area (Å²) in [5.74, 6) is 0.472. The van der Waals surface area contributed by atoms with Crippen molar-refractivity contribution in [2.45, 2.75) is 13.0 Å². The largest absolute Gasteiger partial charge is 0.466 e. The molecular formula is C7H9ClO4. The van der Waals surface area contributed by atoms with E-state index in [0.29, 0.717) is 12.2 Å². The number of rotatable bonds is 3. The first kappa shape index (κ1) is 10.8. The molecule has 0 radical (unpaired) electrons. The number of ether oxygens (including phenoxy) is 3. The Morgan fingerprint density at radius 3 is 2.83 bits per heavy atom. The molecule has 0 spiro atoms.